The zero-order valence-electron chi connectivity index (χ0n) is 25.8. The number of nitrogens with zero attached hydrogens (tertiary/aromatic N) is 4. The standard InChI is InChI=1S/C30H33Cl2FN6O5.CH2O2/c1-37-22(20-5-6-23(44-2)26(33)25(20)32)17-35-27(37)28(41)36-18-3-4-19(21(31)15-18)29(42)39-13-11-38(12-14-39)24(40)16-30(43)7-9-34-10-8-30;2-1-3/h3-6,15,17,34,43H,7-14,16H2,1-2H3,(H,36,41);1H,(H,2,3). The lowest BCUT2D eigenvalue weighted by atomic mass is 9.88. The Balaban J connectivity index is 0.00000160. The fraction of sp³-hybridized carbons (Fsp3) is 0.387. The van der Waals surface area contributed by atoms with Crippen LogP contribution in [0.2, 0.25) is 10.0 Å². The van der Waals surface area contributed by atoms with Crippen LogP contribution in [0.3, 0.4) is 0 Å². The van der Waals surface area contributed by atoms with Crippen molar-refractivity contribution in [1.82, 2.24) is 24.7 Å². The van der Waals surface area contributed by atoms with Gasteiger partial charge in [0.25, 0.3) is 18.3 Å². The first kappa shape index (κ1) is 35.6. The maximum Gasteiger partial charge on any atom is 0.291 e. The van der Waals surface area contributed by atoms with Gasteiger partial charge in [-0.05, 0) is 56.3 Å². The van der Waals surface area contributed by atoms with Gasteiger partial charge < -0.3 is 40.0 Å². The second-order valence-corrected chi connectivity index (χ2v) is 11.8. The molecule has 47 heavy (non-hydrogen) atoms. The van der Waals surface area contributed by atoms with Crippen LogP contribution in [-0.2, 0) is 16.6 Å². The number of ether oxygens (including phenoxy) is 1. The van der Waals surface area contributed by atoms with E-state index in [-0.39, 0.29) is 51.9 Å². The van der Waals surface area contributed by atoms with Crippen LogP contribution in [0.1, 0.15) is 40.2 Å². The number of imidazole rings is 1. The molecule has 2 saturated heterocycles. The normalized spacial score (nSPS) is 15.7. The van der Waals surface area contributed by atoms with Crippen molar-refractivity contribution >= 4 is 53.1 Å². The van der Waals surface area contributed by atoms with Crippen LogP contribution >= 0.6 is 23.2 Å². The molecule has 5 rings (SSSR count). The largest absolute Gasteiger partial charge is 0.494 e. The number of carbonyl (C=O) groups excluding carboxylic acids is 3. The van der Waals surface area contributed by atoms with Gasteiger partial charge in [0.1, 0.15) is 0 Å². The number of benzene rings is 2. The van der Waals surface area contributed by atoms with E-state index in [1.807, 2.05) is 0 Å². The Morgan fingerprint density at radius 3 is 2.36 bits per heavy atom. The number of aromatic nitrogens is 2. The first-order valence-electron chi connectivity index (χ1n) is 14.7. The Bertz CT molecular complexity index is 1640. The number of hydrogen-bond donors (Lipinski definition) is 4. The molecule has 13 nitrogen and oxygen atoms in total. The van der Waals surface area contributed by atoms with Gasteiger partial charge in [-0.2, -0.15) is 0 Å². The molecule has 252 valence electrons. The van der Waals surface area contributed by atoms with Crippen molar-refractivity contribution < 1.29 is 38.5 Å². The minimum Gasteiger partial charge on any atom is -0.494 e. The van der Waals surface area contributed by atoms with E-state index in [1.165, 1.54) is 36.1 Å². The van der Waals surface area contributed by atoms with E-state index < -0.39 is 17.3 Å². The minimum atomic E-state index is -0.984. The average Bonchev–Trinajstić information content (AvgIpc) is 3.43. The maximum absolute atomic E-state index is 14.5. The van der Waals surface area contributed by atoms with E-state index in [0.717, 1.165) is 0 Å². The predicted molar refractivity (Wildman–Crippen MR) is 172 cm³/mol. The van der Waals surface area contributed by atoms with Crippen LogP contribution in [0.25, 0.3) is 11.3 Å². The van der Waals surface area contributed by atoms with Gasteiger partial charge in [0.15, 0.2) is 17.4 Å². The number of hydrogen-bond acceptors (Lipinski definition) is 8. The number of nitrogens with one attached hydrogen (secondary N) is 2. The summed E-state index contributed by atoms with van der Waals surface area (Å²) in [6, 6.07) is 7.60. The fourth-order valence-electron chi connectivity index (χ4n) is 5.50. The summed E-state index contributed by atoms with van der Waals surface area (Å²) in [6.07, 6.45) is 2.57. The van der Waals surface area contributed by atoms with E-state index >= 15 is 0 Å². The highest BCUT2D eigenvalue weighted by Crippen LogP contribution is 2.35. The molecule has 0 spiro atoms. The zero-order chi connectivity index (χ0) is 34.3. The first-order chi connectivity index (χ1) is 22.4. The number of halogens is 3. The zero-order valence-corrected chi connectivity index (χ0v) is 27.3. The third kappa shape index (κ3) is 8.19. The van der Waals surface area contributed by atoms with Crippen molar-refractivity contribution in [2.24, 2.45) is 7.05 Å². The fourth-order valence-corrected chi connectivity index (χ4v) is 6.02. The molecule has 3 amide bonds. The Morgan fingerprint density at radius 2 is 1.74 bits per heavy atom. The third-order valence-corrected chi connectivity index (χ3v) is 8.81. The van der Waals surface area contributed by atoms with E-state index in [1.54, 1.807) is 29.0 Å². The molecule has 3 heterocycles. The average molecular weight is 694 g/mol. The van der Waals surface area contributed by atoms with Crippen LogP contribution < -0.4 is 15.4 Å². The molecule has 0 unspecified atom stereocenters. The molecule has 16 heteroatoms. The Kier molecular flexibility index (Phi) is 11.8. The van der Waals surface area contributed by atoms with Crippen LogP contribution in [0.4, 0.5) is 10.1 Å². The lowest BCUT2D eigenvalue weighted by molar-refractivity contribution is -0.139. The lowest BCUT2D eigenvalue weighted by Crippen LogP contribution is -2.53. The number of piperidine rings is 1. The van der Waals surface area contributed by atoms with Crippen LogP contribution in [0.5, 0.6) is 5.75 Å². The van der Waals surface area contributed by atoms with Gasteiger partial charge in [0.2, 0.25) is 5.91 Å². The number of carboxylic acid groups (broad SMARTS) is 1. The third-order valence-electron chi connectivity index (χ3n) is 8.13. The molecular weight excluding hydrogens is 658 g/mol. The summed E-state index contributed by atoms with van der Waals surface area (Å²) in [4.78, 5) is 55.0. The molecule has 0 radical (unpaired) electrons. The number of carbonyl (C=O) groups is 4. The van der Waals surface area contributed by atoms with E-state index in [2.05, 4.69) is 15.6 Å². The summed E-state index contributed by atoms with van der Waals surface area (Å²) in [5, 5.41) is 23.5. The summed E-state index contributed by atoms with van der Waals surface area (Å²) < 4.78 is 20.9. The van der Waals surface area contributed by atoms with Crippen molar-refractivity contribution in [3.05, 3.63) is 63.8 Å². The number of amides is 3. The second kappa shape index (κ2) is 15.6. The van der Waals surface area contributed by atoms with Gasteiger partial charge in [-0.1, -0.05) is 23.2 Å². The lowest BCUT2D eigenvalue weighted by Gasteiger charge is -2.38. The van der Waals surface area contributed by atoms with E-state index in [0.29, 0.717) is 69.1 Å². The monoisotopic (exact) mass is 692 g/mol. The molecule has 0 bridgehead atoms. The molecule has 3 aromatic rings. The summed E-state index contributed by atoms with van der Waals surface area (Å²) in [5.74, 6) is -1.62. The highest BCUT2D eigenvalue weighted by atomic mass is 35.5. The van der Waals surface area contributed by atoms with Crippen molar-refractivity contribution in [3.63, 3.8) is 0 Å². The summed E-state index contributed by atoms with van der Waals surface area (Å²) in [7, 11) is 2.94. The number of anilines is 1. The molecule has 2 aliphatic rings. The van der Waals surface area contributed by atoms with Crippen molar-refractivity contribution in [1.29, 1.82) is 0 Å². The topological polar surface area (TPSA) is 166 Å². The van der Waals surface area contributed by atoms with Crippen molar-refractivity contribution in [3.8, 4) is 17.0 Å². The number of piperazine rings is 1. The molecule has 1 aromatic heterocycles. The van der Waals surface area contributed by atoms with Crippen molar-refractivity contribution in [2.75, 3.05) is 51.7 Å². The summed E-state index contributed by atoms with van der Waals surface area (Å²) in [6.45, 7) is 2.52. The first-order valence-corrected chi connectivity index (χ1v) is 15.4. The van der Waals surface area contributed by atoms with Gasteiger partial charge in [0, 0.05) is 44.5 Å². The van der Waals surface area contributed by atoms with Gasteiger partial charge >= 0.3 is 0 Å². The van der Waals surface area contributed by atoms with Gasteiger partial charge in [0.05, 0.1) is 46.6 Å². The molecule has 2 aliphatic heterocycles. The van der Waals surface area contributed by atoms with Crippen LogP contribution in [0.15, 0.2) is 36.5 Å². The smallest absolute Gasteiger partial charge is 0.291 e. The molecule has 0 atom stereocenters. The number of rotatable bonds is 7. The molecule has 4 N–H and O–H groups in total. The molecular formula is C31H35Cl2FN6O7. The van der Waals surface area contributed by atoms with E-state index in [9.17, 15) is 23.9 Å². The molecule has 0 saturated carbocycles. The quantitative estimate of drug-likeness (QED) is 0.272. The summed E-state index contributed by atoms with van der Waals surface area (Å²) in [5.41, 5.74) is 0.394. The summed E-state index contributed by atoms with van der Waals surface area (Å²) >= 11 is 12.7. The maximum atomic E-state index is 14.5. The van der Waals surface area contributed by atoms with Crippen LogP contribution in [0, 0.1) is 5.82 Å². The highest BCUT2D eigenvalue weighted by Gasteiger charge is 2.35. The molecule has 0 aliphatic carbocycles. The molecule has 2 aromatic carbocycles. The Hall–Kier alpha value is -4.24. The van der Waals surface area contributed by atoms with E-state index in [4.69, 9.17) is 37.8 Å². The van der Waals surface area contributed by atoms with Crippen LogP contribution in [-0.4, -0.2) is 106 Å². The number of aliphatic hydroxyl groups is 1. The van der Waals surface area contributed by atoms with Gasteiger partial charge in [-0.3, -0.25) is 19.2 Å². The molecule has 2 fully saturated rings. The van der Waals surface area contributed by atoms with Crippen molar-refractivity contribution in [2.45, 2.75) is 24.9 Å². The Labute approximate surface area is 280 Å². The Morgan fingerprint density at radius 1 is 1.11 bits per heavy atom. The number of methoxy groups -OCH3 is 1. The predicted octanol–water partition coefficient (Wildman–Crippen LogP) is 3.28. The SMILES string of the molecule is COc1ccc(-c2cnc(C(=O)Nc3ccc(C(=O)N4CCN(C(=O)CC5(O)CCNCC5)CC4)c(Cl)c3)n2C)c(Cl)c1F.O=CO. The van der Waals surface area contributed by atoms with Gasteiger partial charge in [-0.15, -0.1) is 0 Å². The second-order valence-electron chi connectivity index (χ2n) is 11.0. The highest BCUT2D eigenvalue weighted by molar-refractivity contribution is 6.34. The minimum absolute atomic E-state index is 0.00132. The van der Waals surface area contributed by atoms with Gasteiger partial charge in [-0.25, -0.2) is 9.37 Å².